The van der Waals surface area contributed by atoms with Gasteiger partial charge in [0.2, 0.25) is 0 Å². The van der Waals surface area contributed by atoms with E-state index in [1.807, 2.05) is 25.1 Å². The number of rotatable bonds is 5. The molecule has 0 spiro atoms. The Bertz CT molecular complexity index is 1070. The third-order valence-electron chi connectivity index (χ3n) is 3.98. The van der Waals surface area contributed by atoms with E-state index in [4.69, 9.17) is 4.74 Å². The van der Waals surface area contributed by atoms with Crippen LogP contribution in [0.3, 0.4) is 0 Å². The highest BCUT2D eigenvalue weighted by molar-refractivity contribution is 6.04. The molecule has 3 rings (SSSR count). The Balaban J connectivity index is 1.88. The molecule has 7 heteroatoms. The molecule has 1 aromatic heterocycles. The molecule has 0 bridgehead atoms. The molecule has 140 valence electrons. The minimum atomic E-state index is -0.383. The van der Waals surface area contributed by atoms with E-state index >= 15 is 0 Å². The zero-order valence-electron chi connectivity index (χ0n) is 15.8. The van der Waals surface area contributed by atoms with Gasteiger partial charge in [0.15, 0.2) is 0 Å². The first-order valence-electron chi connectivity index (χ1n) is 8.58. The molecule has 0 aliphatic heterocycles. The normalized spacial score (nSPS) is 10.1. The Morgan fingerprint density at radius 3 is 2.61 bits per heavy atom. The van der Waals surface area contributed by atoms with Crippen molar-refractivity contribution in [3.05, 3.63) is 71.2 Å². The van der Waals surface area contributed by atoms with Crippen LogP contribution in [0, 0.1) is 25.2 Å². The number of nitrogens with one attached hydrogen (secondary N) is 2. The number of hydrogen-bond acceptors (Lipinski definition) is 6. The van der Waals surface area contributed by atoms with Gasteiger partial charge in [-0.25, -0.2) is 9.97 Å². The molecular weight excluding hydrogens is 354 g/mol. The molecular formula is C21H19N5O2. The van der Waals surface area contributed by atoms with Gasteiger partial charge in [0.25, 0.3) is 5.91 Å². The SMILES string of the molecule is COc1ccc(C)cc1NC(=O)c1cc(Nc2ccccc2C#N)nc(C)n1. The summed E-state index contributed by atoms with van der Waals surface area (Å²) in [6.07, 6.45) is 0. The van der Waals surface area contributed by atoms with E-state index in [1.54, 1.807) is 44.4 Å². The van der Waals surface area contributed by atoms with E-state index in [0.29, 0.717) is 34.3 Å². The Hall–Kier alpha value is -3.92. The smallest absolute Gasteiger partial charge is 0.274 e. The molecule has 0 unspecified atom stereocenters. The molecule has 0 aliphatic rings. The fourth-order valence-electron chi connectivity index (χ4n) is 2.68. The Labute approximate surface area is 163 Å². The molecule has 2 aromatic carbocycles. The molecule has 1 heterocycles. The number of para-hydroxylation sites is 1. The van der Waals surface area contributed by atoms with Crippen molar-refractivity contribution in [3.8, 4) is 11.8 Å². The third kappa shape index (κ3) is 4.24. The first kappa shape index (κ1) is 18.9. The van der Waals surface area contributed by atoms with Crippen molar-refractivity contribution >= 4 is 23.1 Å². The maximum atomic E-state index is 12.7. The van der Waals surface area contributed by atoms with Gasteiger partial charge in [0, 0.05) is 6.07 Å². The summed E-state index contributed by atoms with van der Waals surface area (Å²) >= 11 is 0. The van der Waals surface area contributed by atoms with Gasteiger partial charge in [0.1, 0.15) is 29.2 Å². The number of nitrogens with zero attached hydrogens (tertiary/aromatic N) is 3. The zero-order chi connectivity index (χ0) is 20.1. The average Bonchev–Trinajstić information content (AvgIpc) is 2.68. The predicted octanol–water partition coefficient (Wildman–Crippen LogP) is 3.97. The highest BCUT2D eigenvalue weighted by Crippen LogP contribution is 2.26. The van der Waals surface area contributed by atoms with Crippen LogP contribution in [0.25, 0.3) is 0 Å². The summed E-state index contributed by atoms with van der Waals surface area (Å²) in [4.78, 5) is 21.3. The number of anilines is 3. The number of methoxy groups -OCH3 is 1. The molecule has 0 aliphatic carbocycles. The molecule has 0 saturated heterocycles. The lowest BCUT2D eigenvalue weighted by Crippen LogP contribution is -2.16. The number of aromatic nitrogens is 2. The number of amides is 1. The Morgan fingerprint density at radius 1 is 1.07 bits per heavy atom. The zero-order valence-corrected chi connectivity index (χ0v) is 15.8. The van der Waals surface area contributed by atoms with Crippen molar-refractivity contribution in [1.29, 1.82) is 5.26 Å². The Morgan fingerprint density at radius 2 is 1.86 bits per heavy atom. The van der Waals surface area contributed by atoms with Crippen molar-refractivity contribution in [2.45, 2.75) is 13.8 Å². The lowest BCUT2D eigenvalue weighted by atomic mass is 10.2. The average molecular weight is 373 g/mol. The molecule has 0 atom stereocenters. The second-order valence-electron chi connectivity index (χ2n) is 6.13. The fourth-order valence-corrected chi connectivity index (χ4v) is 2.68. The van der Waals surface area contributed by atoms with Gasteiger partial charge >= 0.3 is 0 Å². The summed E-state index contributed by atoms with van der Waals surface area (Å²) in [6, 6.07) is 16.2. The summed E-state index contributed by atoms with van der Waals surface area (Å²) in [5.74, 6) is 1.04. The van der Waals surface area contributed by atoms with Crippen LogP contribution in [-0.2, 0) is 0 Å². The van der Waals surface area contributed by atoms with Gasteiger partial charge in [-0.1, -0.05) is 18.2 Å². The highest BCUT2D eigenvalue weighted by atomic mass is 16.5. The van der Waals surface area contributed by atoms with Crippen molar-refractivity contribution in [1.82, 2.24) is 9.97 Å². The number of benzene rings is 2. The first-order chi connectivity index (χ1) is 13.5. The molecule has 0 saturated carbocycles. The minimum Gasteiger partial charge on any atom is -0.495 e. The van der Waals surface area contributed by atoms with Gasteiger partial charge in [-0.2, -0.15) is 5.26 Å². The van der Waals surface area contributed by atoms with Crippen LogP contribution in [0.15, 0.2) is 48.5 Å². The predicted molar refractivity (Wildman–Crippen MR) is 107 cm³/mol. The van der Waals surface area contributed by atoms with E-state index in [2.05, 4.69) is 26.7 Å². The number of carbonyl (C=O) groups is 1. The second-order valence-corrected chi connectivity index (χ2v) is 6.13. The summed E-state index contributed by atoms with van der Waals surface area (Å²) < 4.78 is 5.30. The van der Waals surface area contributed by atoms with Gasteiger partial charge in [-0.15, -0.1) is 0 Å². The van der Waals surface area contributed by atoms with E-state index in [1.165, 1.54) is 0 Å². The number of aryl methyl sites for hydroxylation is 2. The van der Waals surface area contributed by atoms with Crippen LogP contribution in [0.2, 0.25) is 0 Å². The van der Waals surface area contributed by atoms with Crippen LogP contribution in [-0.4, -0.2) is 23.0 Å². The van der Waals surface area contributed by atoms with Crippen LogP contribution in [0.1, 0.15) is 27.4 Å². The quantitative estimate of drug-likeness (QED) is 0.702. The highest BCUT2D eigenvalue weighted by Gasteiger charge is 2.14. The van der Waals surface area contributed by atoms with Crippen molar-refractivity contribution in [2.24, 2.45) is 0 Å². The largest absolute Gasteiger partial charge is 0.495 e. The summed E-state index contributed by atoms with van der Waals surface area (Å²) in [5.41, 5.74) is 2.84. The summed E-state index contributed by atoms with van der Waals surface area (Å²) in [6.45, 7) is 3.63. The minimum absolute atomic E-state index is 0.202. The van der Waals surface area contributed by atoms with Crippen LogP contribution < -0.4 is 15.4 Å². The van der Waals surface area contributed by atoms with Crippen molar-refractivity contribution in [2.75, 3.05) is 17.7 Å². The fraction of sp³-hybridized carbons (Fsp3) is 0.143. The standard InChI is InChI=1S/C21H19N5O2/c1-13-8-9-19(28-3)17(10-13)26-21(27)18-11-20(24-14(2)23-18)25-16-7-5-4-6-15(16)12-22/h4-11H,1-3H3,(H,26,27)(H,23,24,25). The molecule has 0 fully saturated rings. The lowest BCUT2D eigenvalue weighted by molar-refractivity contribution is 0.102. The van der Waals surface area contributed by atoms with E-state index in [-0.39, 0.29) is 11.6 Å². The van der Waals surface area contributed by atoms with E-state index < -0.39 is 0 Å². The topological polar surface area (TPSA) is 99.9 Å². The molecule has 0 radical (unpaired) electrons. The molecule has 3 aromatic rings. The van der Waals surface area contributed by atoms with Crippen LogP contribution in [0.4, 0.5) is 17.2 Å². The van der Waals surface area contributed by atoms with Crippen LogP contribution >= 0.6 is 0 Å². The summed E-state index contributed by atoms with van der Waals surface area (Å²) in [5, 5.41) is 15.1. The molecule has 28 heavy (non-hydrogen) atoms. The van der Waals surface area contributed by atoms with Crippen molar-refractivity contribution < 1.29 is 9.53 Å². The molecule has 1 amide bonds. The van der Waals surface area contributed by atoms with E-state index in [9.17, 15) is 10.1 Å². The van der Waals surface area contributed by atoms with Crippen molar-refractivity contribution in [3.63, 3.8) is 0 Å². The van der Waals surface area contributed by atoms with Gasteiger partial charge < -0.3 is 15.4 Å². The number of carbonyl (C=O) groups excluding carboxylic acids is 1. The first-order valence-corrected chi connectivity index (χ1v) is 8.58. The van der Waals surface area contributed by atoms with Gasteiger partial charge in [-0.05, 0) is 43.7 Å². The molecule has 7 nitrogen and oxygen atoms in total. The van der Waals surface area contributed by atoms with Gasteiger partial charge in [-0.3, -0.25) is 4.79 Å². The van der Waals surface area contributed by atoms with Crippen LogP contribution in [0.5, 0.6) is 5.75 Å². The maximum absolute atomic E-state index is 12.7. The number of hydrogen-bond donors (Lipinski definition) is 2. The lowest BCUT2D eigenvalue weighted by Gasteiger charge is -2.12. The Kier molecular flexibility index (Phi) is 5.51. The molecule has 2 N–H and O–H groups in total. The second kappa shape index (κ2) is 8.18. The van der Waals surface area contributed by atoms with E-state index in [0.717, 1.165) is 5.56 Å². The number of nitriles is 1. The monoisotopic (exact) mass is 373 g/mol. The number of ether oxygens (including phenoxy) is 1. The maximum Gasteiger partial charge on any atom is 0.274 e. The third-order valence-corrected chi connectivity index (χ3v) is 3.98. The van der Waals surface area contributed by atoms with Gasteiger partial charge in [0.05, 0.1) is 24.0 Å². The summed E-state index contributed by atoms with van der Waals surface area (Å²) in [7, 11) is 1.55.